The minimum atomic E-state index is -5.19. The van der Waals surface area contributed by atoms with E-state index in [9.17, 15) is 22.8 Å². The summed E-state index contributed by atoms with van der Waals surface area (Å²) in [6.07, 6.45) is -1.87. The maximum atomic E-state index is 12.2. The predicted molar refractivity (Wildman–Crippen MR) is 118 cm³/mol. The molecule has 0 bridgehead atoms. The van der Waals surface area contributed by atoms with Gasteiger partial charge >= 0.3 is 18.1 Å². The molecule has 11 heteroatoms. The lowest BCUT2D eigenvalue weighted by Gasteiger charge is -2.33. The average molecular weight is 491 g/mol. The minimum Gasteiger partial charge on any atom is -0.487 e. The number of morpholine rings is 1. The molecule has 1 fully saturated rings. The summed E-state index contributed by atoms with van der Waals surface area (Å²) in [5.41, 5.74) is 3.70. The number of carbonyl (C=O) groups is 2. The highest BCUT2D eigenvalue weighted by molar-refractivity contribution is 5.88. The van der Waals surface area contributed by atoms with Gasteiger partial charge in [0.15, 0.2) is 0 Å². The van der Waals surface area contributed by atoms with Crippen LogP contribution in [-0.2, 0) is 25.7 Å². The summed E-state index contributed by atoms with van der Waals surface area (Å²) in [7, 11) is 0. The molecule has 1 aliphatic rings. The van der Waals surface area contributed by atoms with Gasteiger partial charge in [-0.2, -0.15) is 13.2 Å². The van der Waals surface area contributed by atoms with E-state index in [2.05, 4.69) is 9.72 Å². The molecule has 0 N–H and O–H groups in total. The van der Waals surface area contributed by atoms with Gasteiger partial charge in [-0.05, 0) is 36.2 Å². The smallest absolute Gasteiger partial charge is 0.487 e. The summed E-state index contributed by atoms with van der Waals surface area (Å²) in [5, 5.41) is 0. The number of rotatable bonds is 7. The van der Waals surface area contributed by atoms with Crippen molar-refractivity contribution in [3.8, 4) is 5.75 Å². The molecule has 186 valence electrons. The van der Waals surface area contributed by atoms with Crippen LogP contribution in [0.1, 0.15) is 29.3 Å². The van der Waals surface area contributed by atoms with Crippen molar-refractivity contribution in [1.29, 1.82) is 0 Å². The van der Waals surface area contributed by atoms with Crippen LogP contribution in [0, 0.1) is 6.92 Å². The molecule has 0 amide bonds. The van der Waals surface area contributed by atoms with Crippen molar-refractivity contribution in [2.24, 2.45) is 0 Å². The van der Waals surface area contributed by atoms with Crippen LogP contribution in [-0.4, -0.2) is 58.6 Å². The molecule has 0 saturated carbocycles. The first kappa shape index (κ1) is 24.7. The van der Waals surface area contributed by atoms with Gasteiger partial charge in [0.1, 0.15) is 18.0 Å². The first-order chi connectivity index (χ1) is 16.7. The van der Waals surface area contributed by atoms with Gasteiger partial charge in [-0.25, -0.2) is 9.78 Å². The summed E-state index contributed by atoms with van der Waals surface area (Å²) in [6.45, 7) is 3.84. The van der Waals surface area contributed by atoms with Crippen molar-refractivity contribution in [3.63, 3.8) is 0 Å². The third-order valence-electron chi connectivity index (χ3n) is 5.51. The Kier molecular flexibility index (Phi) is 7.37. The number of ether oxygens (including phenoxy) is 3. The zero-order chi connectivity index (χ0) is 25.0. The Labute approximate surface area is 199 Å². The first-order valence-corrected chi connectivity index (χ1v) is 11.0. The topological polar surface area (TPSA) is 82.4 Å². The van der Waals surface area contributed by atoms with Crippen LogP contribution in [0.5, 0.6) is 5.75 Å². The van der Waals surface area contributed by atoms with E-state index in [1.165, 1.54) is 0 Å². The molecule has 3 heterocycles. The third-order valence-corrected chi connectivity index (χ3v) is 5.51. The van der Waals surface area contributed by atoms with Crippen LogP contribution in [0.3, 0.4) is 0 Å². The standard InChI is InChI=1S/C24H24F3N3O5/c1-16-2-7-21-28-18(13-30(21)12-16)15-34-19-5-3-17(4-6-19)20-14-29(10-11-33-20)9-8-22(31)35-23(32)24(25,26)27/h2-7,12-13,20H,8-11,14-15H2,1H3. The zero-order valence-electron chi connectivity index (χ0n) is 19.0. The van der Waals surface area contributed by atoms with Crippen molar-refractivity contribution in [2.45, 2.75) is 32.2 Å². The molecule has 1 unspecified atom stereocenters. The Morgan fingerprint density at radius 1 is 1.14 bits per heavy atom. The molecule has 2 aromatic heterocycles. The number of fused-ring (bicyclic) bond motifs is 1. The van der Waals surface area contributed by atoms with Gasteiger partial charge < -0.3 is 18.6 Å². The van der Waals surface area contributed by atoms with E-state index in [0.717, 1.165) is 22.5 Å². The first-order valence-electron chi connectivity index (χ1n) is 11.0. The number of imidazole rings is 1. The van der Waals surface area contributed by atoms with Crippen LogP contribution in [0.15, 0.2) is 48.8 Å². The molecule has 8 nitrogen and oxygen atoms in total. The Balaban J connectivity index is 1.26. The molecule has 1 aliphatic heterocycles. The molecule has 0 aliphatic carbocycles. The maximum Gasteiger partial charge on any atom is 0.491 e. The molecule has 1 atom stereocenters. The average Bonchev–Trinajstić information content (AvgIpc) is 3.23. The number of nitrogens with zero attached hydrogens (tertiary/aromatic N) is 3. The summed E-state index contributed by atoms with van der Waals surface area (Å²) in [4.78, 5) is 28.7. The van der Waals surface area contributed by atoms with Gasteiger partial charge in [0.05, 0.1) is 24.8 Å². The highest BCUT2D eigenvalue weighted by atomic mass is 19.4. The van der Waals surface area contributed by atoms with Crippen LogP contribution >= 0.6 is 0 Å². The van der Waals surface area contributed by atoms with Crippen molar-refractivity contribution in [2.75, 3.05) is 26.2 Å². The molecule has 0 radical (unpaired) electrons. The van der Waals surface area contributed by atoms with E-state index < -0.39 is 18.1 Å². The van der Waals surface area contributed by atoms with Crippen molar-refractivity contribution in [1.82, 2.24) is 14.3 Å². The van der Waals surface area contributed by atoms with Gasteiger partial charge in [0.2, 0.25) is 0 Å². The van der Waals surface area contributed by atoms with E-state index in [1.54, 1.807) is 0 Å². The largest absolute Gasteiger partial charge is 0.491 e. The van der Waals surface area contributed by atoms with Crippen LogP contribution in [0.25, 0.3) is 5.65 Å². The van der Waals surface area contributed by atoms with Crippen LogP contribution < -0.4 is 4.74 Å². The van der Waals surface area contributed by atoms with Crippen molar-refractivity contribution >= 4 is 17.6 Å². The quantitative estimate of drug-likeness (QED) is 0.369. The van der Waals surface area contributed by atoms with E-state index >= 15 is 0 Å². The van der Waals surface area contributed by atoms with Gasteiger partial charge in [-0.3, -0.25) is 9.69 Å². The highest BCUT2D eigenvalue weighted by Gasteiger charge is 2.42. The lowest BCUT2D eigenvalue weighted by Crippen LogP contribution is -2.39. The lowest BCUT2D eigenvalue weighted by atomic mass is 10.1. The summed E-state index contributed by atoms with van der Waals surface area (Å²) >= 11 is 0. The van der Waals surface area contributed by atoms with Gasteiger partial charge in [-0.1, -0.05) is 18.2 Å². The van der Waals surface area contributed by atoms with Gasteiger partial charge in [-0.15, -0.1) is 0 Å². The number of aromatic nitrogens is 2. The summed E-state index contributed by atoms with van der Waals surface area (Å²) in [5.74, 6) is -3.04. The molecular weight excluding hydrogens is 467 g/mol. The van der Waals surface area contributed by atoms with E-state index in [-0.39, 0.29) is 19.1 Å². The monoisotopic (exact) mass is 491 g/mol. The Bertz CT molecular complexity index is 1190. The number of hydrogen-bond donors (Lipinski definition) is 0. The molecule has 3 aromatic rings. The molecular formula is C24H24F3N3O5. The van der Waals surface area contributed by atoms with Gasteiger partial charge in [0.25, 0.3) is 0 Å². The number of aryl methyl sites for hydroxylation is 1. The second-order valence-corrected chi connectivity index (χ2v) is 8.23. The van der Waals surface area contributed by atoms with Gasteiger partial charge in [0, 0.05) is 32.0 Å². The maximum absolute atomic E-state index is 12.2. The second-order valence-electron chi connectivity index (χ2n) is 8.23. The fourth-order valence-electron chi connectivity index (χ4n) is 3.73. The summed E-state index contributed by atoms with van der Waals surface area (Å²) in [6, 6.07) is 11.4. The number of esters is 2. The summed E-state index contributed by atoms with van der Waals surface area (Å²) < 4.78 is 54.0. The molecule has 35 heavy (non-hydrogen) atoms. The molecule has 0 spiro atoms. The minimum absolute atomic E-state index is 0.156. The second kappa shape index (κ2) is 10.4. The number of halogens is 3. The molecule has 1 saturated heterocycles. The normalized spacial score (nSPS) is 16.9. The number of hydrogen-bond acceptors (Lipinski definition) is 7. The Morgan fingerprint density at radius 2 is 1.91 bits per heavy atom. The molecule has 1 aromatic carbocycles. The number of pyridine rings is 1. The van der Waals surface area contributed by atoms with E-state index in [1.807, 2.05) is 65.0 Å². The zero-order valence-corrected chi connectivity index (χ0v) is 19.0. The SMILES string of the molecule is Cc1ccc2nc(COc3ccc(C4CN(CCC(=O)OC(=O)C(F)(F)F)CCO4)cc3)cn2c1. The fourth-order valence-corrected chi connectivity index (χ4v) is 3.73. The third kappa shape index (κ3) is 6.58. The Morgan fingerprint density at radius 3 is 2.66 bits per heavy atom. The van der Waals surface area contributed by atoms with Crippen LogP contribution in [0.2, 0.25) is 0 Å². The molecule has 4 rings (SSSR count). The van der Waals surface area contributed by atoms with Crippen LogP contribution in [0.4, 0.5) is 13.2 Å². The number of alkyl halides is 3. The Hall–Kier alpha value is -3.44. The van der Waals surface area contributed by atoms with E-state index in [0.29, 0.717) is 32.1 Å². The van der Waals surface area contributed by atoms with Crippen molar-refractivity contribution in [3.05, 3.63) is 65.6 Å². The number of benzene rings is 1. The predicted octanol–water partition coefficient (Wildman–Crippen LogP) is 3.62. The van der Waals surface area contributed by atoms with E-state index in [4.69, 9.17) is 9.47 Å². The highest BCUT2D eigenvalue weighted by Crippen LogP contribution is 2.25. The van der Waals surface area contributed by atoms with Crippen molar-refractivity contribution < 1.29 is 37.0 Å². The fraction of sp³-hybridized carbons (Fsp3) is 0.375. The lowest BCUT2D eigenvalue weighted by molar-refractivity contribution is -0.202. The number of carbonyl (C=O) groups excluding carboxylic acids is 2.